The summed E-state index contributed by atoms with van der Waals surface area (Å²) in [5.41, 5.74) is 0.780. The molecule has 1 saturated carbocycles. The number of pyridine rings is 1. The van der Waals surface area contributed by atoms with Gasteiger partial charge in [-0.1, -0.05) is 37.3 Å². The highest BCUT2D eigenvalue weighted by Gasteiger charge is 2.15. The lowest BCUT2D eigenvalue weighted by Crippen LogP contribution is -2.35. The molecule has 0 unspecified atom stereocenters. The zero-order valence-electron chi connectivity index (χ0n) is 13.4. The summed E-state index contributed by atoms with van der Waals surface area (Å²) in [5.74, 6) is 0.742. The molecule has 1 aliphatic rings. The molecular formula is C17H21ClN4OS. The third-order valence-electron chi connectivity index (χ3n) is 4.08. The van der Waals surface area contributed by atoms with Gasteiger partial charge in [-0.05, 0) is 25.0 Å². The van der Waals surface area contributed by atoms with E-state index in [2.05, 4.69) is 20.6 Å². The minimum atomic E-state index is 0.0587. The molecule has 24 heavy (non-hydrogen) atoms. The van der Waals surface area contributed by atoms with Crippen LogP contribution in [0.3, 0.4) is 0 Å². The SMILES string of the molecule is O=C(Cc1csc(Nc2ccc(Cl)cn2)n1)NC1CCCCCC1. The van der Waals surface area contributed by atoms with Crippen molar-refractivity contribution in [1.29, 1.82) is 0 Å². The molecule has 2 aromatic rings. The molecule has 0 radical (unpaired) electrons. The van der Waals surface area contributed by atoms with Crippen LogP contribution in [0, 0.1) is 0 Å². The summed E-state index contributed by atoms with van der Waals surface area (Å²) in [7, 11) is 0. The maximum Gasteiger partial charge on any atom is 0.226 e. The molecule has 2 N–H and O–H groups in total. The van der Waals surface area contributed by atoms with Crippen molar-refractivity contribution in [3.63, 3.8) is 0 Å². The Balaban J connectivity index is 1.51. The fourth-order valence-electron chi connectivity index (χ4n) is 2.87. The van der Waals surface area contributed by atoms with Crippen LogP contribution in [0.25, 0.3) is 0 Å². The van der Waals surface area contributed by atoms with Crippen LogP contribution in [-0.4, -0.2) is 21.9 Å². The smallest absolute Gasteiger partial charge is 0.226 e. The first-order valence-electron chi connectivity index (χ1n) is 8.31. The summed E-state index contributed by atoms with van der Waals surface area (Å²) in [5, 5.41) is 9.50. The predicted octanol–water partition coefficient (Wildman–Crippen LogP) is 4.32. The fourth-order valence-corrected chi connectivity index (χ4v) is 3.70. The van der Waals surface area contributed by atoms with Crippen LogP contribution in [0.15, 0.2) is 23.7 Å². The Morgan fingerprint density at radius 1 is 1.25 bits per heavy atom. The minimum Gasteiger partial charge on any atom is -0.353 e. The van der Waals surface area contributed by atoms with Crippen molar-refractivity contribution in [2.24, 2.45) is 0 Å². The highest BCUT2D eigenvalue weighted by molar-refractivity contribution is 7.13. The van der Waals surface area contributed by atoms with Gasteiger partial charge in [0.15, 0.2) is 5.13 Å². The maximum atomic E-state index is 12.2. The zero-order chi connectivity index (χ0) is 16.8. The predicted molar refractivity (Wildman–Crippen MR) is 98.0 cm³/mol. The second kappa shape index (κ2) is 8.44. The molecule has 2 heterocycles. The van der Waals surface area contributed by atoms with E-state index in [0.717, 1.165) is 23.7 Å². The first-order chi connectivity index (χ1) is 11.7. The minimum absolute atomic E-state index is 0.0587. The van der Waals surface area contributed by atoms with E-state index < -0.39 is 0 Å². The number of amides is 1. The number of halogens is 1. The van der Waals surface area contributed by atoms with Crippen LogP contribution >= 0.6 is 22.9 Å². The van der Waals surface area contributed by atoms with E-state index in [1.807, 2.05) is 5.38 Å². The highest BCUT2D eigenvalue weighted by Crippen LogP contribution is 2.21. The molecule has 2 aromatic heterocycles. The summed E-state index contributed by atoms with van der Waals surface area (Å²) in [6.45, 7) is 0. The molecule has 3 rings (SSSR count). The first-order valence-corrected chi connectivity index (χ1v) is 9.57. The Labute approximate surface area is 150 Å². The van der Waals surface area contributed by atoms with Crippen molar-refractivity contribution in [3.8, 4) is 0 Å². The summed E-state index contributed by atoms with van der Waals surface area (Å²) in [6.07, 6.45) is 9.09. The third-order valence-corrected chi connectivity index (χ3v) is 5.11. The molecule has 7 heteroatoms. The van der Waals surface area contributed by atoms with Gasteiger partial charge in [-0.3, -0.25) is 4.79 Å². The average molecular weight is 365 g/mol. The van der Waals surface area contributed by atoms with Crippen molar-refractivity contribution < 1.29 is 4.79 Å². The van der Waals surface area contributed by atoms with Crippen LogP contribution in [0.2, 0.25) is 5.02 Å². The van der Waals surface area contributed by atoms with E-state index in [9.17, 15) is 4.79 Å². The molecule has 0 atom stereocenters. The number of nitrogens with zero attached hydrogens (tertiary/aromatic N) is 2. The van der Waals surface area contributed by atoms with Gasteiger partial charge in [0.05, 0.1) is 17.1 Å². The number of carbonyl (C=O) groups is 1. The van der Waals surface area contributed by atoms with Crippen molar-refractivity contribution >= 4 is 39.8 Å². The van der Waals surface area contributed by atoms with E-state index in [0.29, 0.717) is 23.3 Å². The largest absolute Gasteiger partial charge is 0.353 e. The first kappa shape index (κ1) is 17.2. The van der Waals surface area contributed by atoms with Crippen molar-refractivity contribution in [1.82, 2.24) is 15.3 Å². The molecule has 0 aliphatic heterocycles. The lowest BCUT2D eigenvalue weighted by molar-refractivity contribution is -0.121. The lowest BCUT2D eigenvalue weighted by Gasteiger charge is -2.15. The summed E-state index contributed by atoms with van der Waals surface area (Å²) < 4.78 is 0. The molecule has 128 valence electrons. The number of rotatable bonds is 5. The van der Waals surface area contributed by atoms with Gasteiger partial charge < -0.3 is 10.6 Å². The second-order valence-corrected chi connectivity index (χ2v) is 7.36. The number of nitrogens with one attached hydrogen (secondary N) is 2. The molecule has 1 aliphatic carbocycles. The van der Waals surface area contributed by atoms with E-state index in [1.165, 1.54) is 37.0 Å². The van der Waals surface area contributed by atoms with E-state index in [1.54, 1.807) is 18.3 Å². The maximum absolute atomic E-state index is 12.2. The molecule has 0 bridgehead atoms. The van der Waals surface area contributed by atoms with Gasteiger partial charge in [-0.15, -0.1) is 11.3 Å². The van der Waals surface area contributed by atoms with Gasteiger partial charge in [-0.25, -0.2) is 9.97 Å². The van der Waals surface area contributed by atoms with Gasteiger partial charge in [0, 0.05) is 17.6 Å². The zero-order valence-corrected chi connectivity index (χ0v) is 15.0. The standard InChI is InChI=1S/C17H21ClN4OS/c18-12-7-8-15(19-10-12)22-17-21-14(11-24-17)9-16(23)20-13-5-3-1-2-4-6-13/h7-8,10-11,13H,1-6,9H2,(H,20,23)(H,19,21,22). The Kier molecular flexibility index (Phi) is 6.04. The molecule has 1 amide bonds. The summed E-state index contributed by atoms with van der Waals surface area (Å²) in [4.78, 5) is 20.8. The molecule has 5 nitrogen and oxygen atoms in total. The quantitative estimate of drug-likeness (QED) is 0.775. The molecule has 0 aromatic carbocycles. The van der Waals surface area contributed by atoms with Gasteiger partial charge in [-0.2, -0.15) is 0 Å². The topological polar surface area (TPSA) is 66.9 Å². The summed E-state index contributed by atoms with van der Waals surface area (Å²) >= 11 is 7.28. The van der Waals surface area contributed by atoms with Crippen molar-refractivity contribution in [3.05, 3.63) is 34.4 Å². The van der Waals surface area contributed by atoms with E-state index >= 15 is 0 Å². The van der Waals surface area contributed by atoms with E-state index in [-0.39, 0.29) is 5.91 Å². The highest BCUT2D eigenvalue weighted by atomic mass is 35.5. The number of anilines is 2. The van der Waals surface area contributed by atoms with Gasteiger partial charge >= 0.3 is 0 Å². The van der Waals surface area contributed by atoms with Crippen LogP contribution in [0.4, 0.5) is 10.9 Å². The van der Waals surface area contributed by atoms with Crippen molar-refractivity contribution in [2.75, 3.05) is 5.32 Å². The van der Waals surface area contributed by atoms with Crippen LogP contribution in [-0.2, 0) is 11.2 Å². The normalized spacial score (nSPS) is 15.7. The van der Waals surface area contributed by atoms with E-state index in [4.69, 9.17) is 11.6 Å². The van der Waals surface area contributed by atoms with Gasteiger partial charge in [0.2, 0.25) is 5.91 Å². The molecular weight excluding hydrogens is 344 g/mol. The Bertz CT molecular complexity index is 665. The Morgan fingerprint density at radius 3 is 2.75 bits per heavy atom. The van der Waals surface area contributed by atoms with Crippen LogP contribution < -0.4 is 10.6 Å². The van der Waals surface area contributed by atoms with Crippen molar-refractivity contribution in [2.45, 2.75) is 51.0 Å². The van der Waals surface area contributed by atoms with Gasteiger partial charge in [0.1, 0.15) is 5.82 Å². The number of hydrogen-bond acceptors (Lipinski definition) is 5. The number of hydrogen-bond donors (Lipinski definition) is 2. The number of carbonyl (C=O) groups excluding carboxylic acids is 1. The number of thiazole rings is 1. The molecule has 1 fully saturated rings. The Morgan fingerprint density at radius 2 is 2.04 bits per heavy atom. The lowest BCUT2D eigenvalue weighted by atomic mass is 10.1. The monoisotopic (exact) mass is 364 g/mol. The second-order valence-electron chi connectivity index (χ2n) is 6.06. The summed E-state index contributed by atoms with van der Waals surface area (Å²) in [6, 6.07) is 3.89. The number of aromatic nitrogens is 2. The third kappa shape index (κ3) is 5.18. The van der Waals surface area contributed by atoms with Gasteiger partial charge in [0.25, 0.3) is 0 Å². The average Bonchev–Trinajstić information content (AvgIpc) is 2.83. The fraction of sp³-hybridized carbons (Fsp3) is 0.471. The van der Waals surface area contributed by atoms with Crippen LogP contribution in [0.5, 0.6) is 0 Å². The molecule has 0 spiro atoms. The van der Waals surface area contributed by atoms with Crippen LogP contribution in [0.1, 0.15) is 44.2 Å². The Hall–Kier alpha value is -1.66. The molecule has 0 saturated heterocycles.